The van der Waals surface area contributed by atoms with Gasteiger partial charge in [-0.3, -0.25) is 4.79 Å². The molecule has 1 amide bonds. The molecule has 36 heavy (non-hydrogen) atoms. The van der Waals surface area contributed by atoms with Crippen molar-refractivity contribution in [1.82, 2.24) is 14.9 Å². The number of fused-ring (bicyclic) bond motifs is 1. The van der Waals surface area contributed by atoms with Gasteiger partial charge in [-0.05, 0) is 61.9 Å². The molecule has 2 aliphatic carbocycles. The van der Waals surface area contributed by atoms with Gasteiger partial charge in [0.1, 0.15) is 23.5 Å². The van der Waals surface area contributed by atoms with Crippen molar-refractivity contribution in [1.29, 1.82) is 0 Å². The highest BCUT2D eigenvalue weighted by Gasteiger charge is 2.35. The normalized spacial score (nSPS) is 18.4. The zero-order chi connectivity index (χ0) is 25.1. The second kappa shape index (κ2) is 11.5. The van der Waals surface area contributed by atoms with Crippen molar-refractivity contribution in [3.05, 3.63) is 58.9 Å². The van der Waals surface area contributed by atoms with Crippen LogP contribution in [0.4, 0.5) is 8.78 Å². The van der Waals surface area contributed by atoms with Gasteiger partial charge in [0.2, 0.25) is 5.91 Å². The van der Waals surface area contributed by atoms with Gasteiger partial charge in [-0.2, -0.15) is 0 Å². The van der Waals surface area contributed by atoms with Crippen LogP contribution in [0.15, 0.2) is 41.3 Å². The number of hydrogen-bond donors (Lipinski definition) is 1. The van der Waals surface area contributed by atoms with Crippen LogP contribution in [0.2, 0.25) is 5.02 Å². The quantitative estimate of drug-likeness (QED) is 0.316. The molecule has 1 aromatic heterocycles. The van der Waals surface area contributed by atoms with Gasteiger partial charge in [0.05, 0.1) is 21.8 Å². The molecule has 3 aromatic rings. The van der Waals surface area contributed by atoms with E-state index in [9.17, 15) is 13.6 Å². The highest BCUT2D eigenvalue weighted by atomic mass is 35.5. The first-order valence-electron chi connectivity index (χ1n) is 13.0. The third-order valence-electron chi connectivity index (χ3n) is 7.58. The maximum Gasteiger partial charge on any atom is 0.243 e. The van der Waals surface area contributed by atoms with Gasteiger partial charge in [-0.1, -0.05) is 50.1 Å². The van der Waals surface area contributed by atoms with E-state index in [4.69, 9.17) is 16.6 Å². The Kier molecular flexibility index (Phi) is 8.16. The van der Waals surface area contributed by atoms with Crippen LogP contribution in [0.5, 0.6) is 0 Å². The summed E-state index contributed by atoms with van der Waals surface area (Å²) in [6, 6.07) is 9.07. The van der Waals surface area contributed by atoms with E-state index in [1.807, 2.05) is 4.57 Å². The first-order valence-corrected chi connectivity index (χ1v) is 14.4. The molecule has 0 spiro atoms. The van der Waals surface area contributed by atoms with Crippen molar-refractivity contribution >= 4 is 40.3 Å². The van der Waals surface area contributed by atoms with Gasteiger partial charge in [0.25, 0.3) is 0 Å². The average Bonchev–Trinajstić information content (AvgIpc) is 3.22. The first-order chi connectivity index (χ1) is 17.5. The molecule has 5 rings (SSSR count). The van der Waals surface area contributed by atoms with Crippen molar-refractivity contribution in [3.63, 3.8) is 0 Å². The van der Waals surface area contributed by atoms with Crippen molar-refractivity contribution in [3.8, 4) is 0 Å². The smallest absolute Gasteiger partial charge is 0.243 e. The van der Waals surface area contributed by atoms with Gasteiger partial charge in [0.15, 0.2) is 0 Å². The Morgan fingerprint density at radius 2 is 1.69 bits per heavy atom. The zero-order valence-corrected chi connectivity index (χ0v) is 21.9. The Balaban J connectivity index is 1.54. The predicted octanol–water partition coefficient (Wildman–Crippen LogP) is 7.83. The van der Waals surface area contributed by atoms with Crippen LogP contribution in [0, 0.1) is 17.6 Å². The van der Waals surface area contributed by atoms with Crippen molar-refractivity contribution in [2.24, 2.45) is 5.92 Å². The van der Waals surface area contributed by atoms with E-state index in [1.165, 1.54) is 42.8 Å². The summed E-state index contributed by atoms with van der Waals surface area (Å²) in [7, 11) is 0. The van der Waals surface area contributed by atoms with Gasteiger partial charge in [-0.25, -0.2) is 13.8 Å². The van der Waals surface area contributed by atoms with Gasteiger partial charge >= 0.3 is 0 Å². The number of amides is 1. The summed E-state index contributed by atoms with van der Waals surface area (Å²) in [6.45, 7) is 0. The average molecular weight is 532 g/mol. The van der Waals surface area contributed by atoms with Crippen LogP contribution in [-0.4, -0.2) is 21.5 Å². The number of imidazole rings is 1. The van der Waals surface area contributed by atoms with Gasteiger partial charge in [-0.15, -0.1) is 11.8 Å². The molecule has 0 aliphatic heterocycles. The summed E-state index contributed by atoms with van der Waals surface area (Å²) >= 11 is 7.75. The highest BCUT2D eigenvalue weighted by Crippen LogP contribution is 2.38. The highest BCUT2D eigenvalue weighted by molar-refractivity contribution is 7.98. The molecule has 1 unspecified atom stereocenters. The maximum atomic E-state index is 14.4. The Labute approximate surface area is 220 Å². The number of carbonyl (C=O) groups excluding carboxylic acids is 1. The maximum absolute atomic E-state index is 14.4. The number of nitrogens with zero attached hydrogens (tertiary/aromatic N) is 2. The standard InChI is InChI=1S/C28H32ClF2N3OS/c29-22-15-25-24(16-23(22)31)33-26(17-36-21-13-11-19(30)12-14-21)34(25)27(18-7-3-1-4-8-18)28(35)32-20-9-5-2-6-10-20/h11-16,18,20,27H,1-10,17H2,(H,32,35). The SMILES string of the molecule is O=C(NC1CCCCC1)C(C1CCCCC1)n1c(CSc2ccc(F)cc2)nc2cc(F)c(Cl)cc21. The van der Waals surface area contributed by atoms with E-state index in [2.05, 4.69) is 5.32 Å². The molecule has 192 valence electrons. The number of rotatable bonds is 7. The minimum Gasteiger partial charge on any atom is -0.352 e. The molecule has 8 heteroatoms. The van der Waals surface area contributed by atoms with Crippen LogP contribution in [-0.2, 0) is 10.5 Å². The molecular formula is C28H32ClF2N3OS. The number of carbonyl (C=O) groups is 1. The lowest BCUT2D eigenvalue weighted by atomic mass is 9.83. The van der Waals surface area contributed by atoms with E-state index >= 15 is 0 Å². The Morgan fingerprint density at radius 3 is 2.39 bits per heavy atom. The summed E-state index contributed by atoms with van der Waals surface area (Å²) in [4.78, 5) is 19.6. The number of nitrogens with one attached hydrogen (secondary N) is 1. The number of hydrogen-bond acceptors (Lipinski definition) is 3. The van der Waals surface area contributed by atoms with Crippen molar-refractivity contribution < 1.29 is 13.6 Å². The monoisotopic (exact) mass is 531 g/mol. The third-order valence-corrected chi connectivity index (χ3v) is 8.88. The van der Waals surface area contributed by atoms with E-state index < -0.39 is 11.9 Å². The molecular weight excluding hydrogens is 500 g/mol. The van der Waals surface area contributed by atoms with E-state index in [0.717, 1.165) is 56.3 Å². The molecule has 2 aromatic carbocycles. The second-order valence-electron chi connectivity index (χ2n) is 10.1. The summed E-state index contributed by atoms with van der Waals surface area (Å²) in [6.07, 6.45) is 10.9. The topological polar surface area (TPSA) is 46.9 Å². The molecule has 1 N–H and O–H groups in total. The third kappa shape index (κ3) is 5.72. The second-order valence-corrected chi connectivity index (χ2v) is 11.5. The van der Waals surface area contributed by atoms with E-state index in [0.29, 0.717) is 22.6 Å². The number of thioether (sulfide) groups is 1. The van der Waals surface area contributed by atoms with Crippen molar-refractivity contribution in [2.45, 2.75) is 86.9 Å². The summed E-state index contributed by atoms with van der Waals surface area (Å²) < 4.78 is 29.8. The fraction of sp³-hybridized carbons (Fsp3) is 0.500. The minimum absolute atomic E-state index is 0.0245. The largest absolute Gasteiger partial charge is 0.352 e. The van der Waals surface area contributed by atoms with Crippen LogP contribution in [0.3, 0.4) is 0 Å². The minimum atomic E-state index is -0.521. The summed E-state index contributed by atoms with van der Waals surface area (Å²) in [5, 5.41) is 3.38. The van der Waals surface area contributed by atoms with Gasteiger partial charge in [0, 0.05) is 17.0 Å². The van der Waals surface area contributed by atoms with Crippen LogP contribution < -0.4 is 5.32 Å². The molecule has 1 atom stereocenters. The lowest BCUT2D eigenvalue weighted by Gasteiger charge is -2.33. The first kappa shape index (κ1) is 25.5. The van der Waals surface area contributed by atoms with E-state index in [-0.39, 0.29) is 28.7 Å². The molecule has 1 heterocycles. The molecule has 4 nitrogen and oxygen atoms in total. The Hall–Kier alpha value is -2.12. The van der Waals surface area contributed by atoms with Crippen LogP contribution >= 0.6 is 23.4 Å². The van der Waals surface area contributed by atoms with Crippen molar-refractivity contribution in [2.75, 3.05) is 0 Å². The fourth-order valence-corrected chi connectivity index (χ4v) is 6.74. The van der Waals surface area contributed by atoms with Crippen LogP contribution in [0.25, 0.3) is 11.0 Å². The molecule has 0 bridgehead atoms. The molecule has 0 saturated heterocycles. The zero-order valence-electron chi connectivity index (χ0n) is 20.3. The lowest BCUT2D eigenvalue weighted by Crippen LogP contribution is -2.43. The summed E-state index contributed by atoms with van der Waals surface area (Å²) in [5.41, 5.74) is 1.18. The fourth-order valence-electron chi connectivity index (χ4n) is 5.76. The Bertz CT molecular complexity index is 1200. The number of aromatic nitrogens is 2. The number of benzene rings is 2. The van der Waals surface area contributed by atoms with Crippen LogP contribution in [0.1, 0.15) is 76.1 Å². The molecule has 0 radical (unpaired) electrons. The van der Waals surface area contributed by atoms with Gasteiger partial charge < -0.3 is 9.88 Å². The van der Waals surface area contributed by atoms with E-state index in [1.54, 1.807) is 18.2 Å². The summed E-state index contributed by atoms with van der Waals surface area (Å²) in [5.74, 6) is 0.579. The lowest BCUT2D eigenvalue weighted by molar-refractivity contribution is -0.127. The molecule has 2 aliphatic rings. The number of halogens is 3. The predicted molar refractivity (Wildman–Crippen MR) is 141 cm³/mol. The Morgan fingerprint density at radius 1 is 1.03 bits per heavy atom. The molecule has 2 saturated carbocycles. The molecule has 2 fully saturated rings.